The standard InChI is InChI=1S/C6H14O3.C5H8O2.C4H6O2.3C3H4O2/c1-2-6(3-7,4-8)5-9;1-4(2)5(6)7-3;1-3(2)4(5)6;3*1-2-3(4)5/h7-9H,2-5H2,1H3;1H2,2-3H3;1H2,2H3,(H,5,6);3*2H,1H2,(H,4,5). The summed E-state index contributed by atoms with van der Waals surface area (Å²) < 4.78 is 4.27. The molecule has 0 amide bonds. The van der Waals surface area contributed by atoms with Crippen molar-refractivity contribution in [3.8, 4) is 0 Å². The van der Waals surface area contributed by atoms with Crippen LogP contribution in [-0.2, 0) is 28.7 Å². The molecule has 0 atom stereocenters. The zero-order chi connectivity index (χ0) is 31.2. The van der Waals surface area contributed by atoms with E-state index in [9.17, 15) is 24.0 Å². The summed E-state index contributed by atoms with van der Waals surface area (Å²) in [7, 11) is 1.33. The van der Waals surface area contributed by atoms with E-state index in [0.717, 1.165) is 18.2 Å². The predicted molar refractivity (Wildman–Crippen MR) is 137 cm³/mol. The number of carboxylic acid groups (broad SMARTS) is 4. The average Bonchev–Trinajstić information content (AvgIpc) is 2.86. The maximum absolute atomic E-state index is 10.2. The first kappa shape index (κ1) is 46.3. The van der Waals surface area contributed by atoms with Crippen molar-refractivity contribution in [2.45, 2.75) is 27.2 Å². The maximum atomic E-state index is 10.2. The lowest BCUT2D eigenvalue weighted by molar-refractivity contribution is -0.136. The van der Waals surface area contributed by atoms with E-state index < -0.39 is 29.3 Å². The van der Waals surface area contributed by atoms with E-state index in [2.05, 4.69) is 37.6 Å². The van der Waals surface area contributed by atoms with Gasteiger partial charge in [0.05, 0.1) is 26.9 Å². The Bertz CT molecular complexity index is 661. The van der Waals surface area contributed by atoms with Crippen LogP contribution in [0, 0.1) is 5.41 Å². The van der Waals surface area contributed by atoms with Gasteiger partial charge < -0.3 is 40.5 Å². The van der Waals surface area contributed by atoms with Gasteiger partial charge in [0.2, 0.25) is 0 Å². The molecule has 214 valence electrons. The summed E-state index contributed by atoms with van der Waals surface area (Å²) in [5.74, 6) is -4.23. The van der Waals surface area contributed by atoms with Crippen molar-refractivity contribution in [2.24, 2.45) is 5.41 Å². The monoisotopic (exact) mass is 536 g/mol. The second-order valence-electron chi connectivity index (χ2n) is 6.31. The van der Waals surface area contributed by atoms with Crippen molar-refractivity contribution in [1.82, 2.24) is 0 Å². The molecule has 0 saturated heterocycles. The van der Waals surface area contributed by atoms with Crippen LogP contribution in [-0.4, -0.2) is 92.5 Å². The minimum Gasteiger partial charge on any atom is -0.478 e. The molecule has 0 aliphatic rings. The quantitative estimate of drug-likeness (QED) is 0.164. The topological polar surface area (TPSA) is 236 Å². The Labute approximate surface area is 216 Å². The molecule has 0 rings (SSSR count). The molecule has 0 aromatic rings. The van der Waals surface area contributed by atoms with Crippen molar-refractivity contribution in [2.75, 3.05) is 26.9 Å². The van der Waals surface area contributed by atoms with Crippen molar-refractivity contribution in [1.29, 1.82) is 0 Å². The van der Waals surface area contributed by atoms with Crippen molar-refractivity contribution >= 4 is 29.8 Å². The van der Waals surface area contributed by atoms with E-state index in [4.69, 9.17) is 35.7 Å². The lowest BCUT2D eigenvalue weighted by Gasteiger charge is -2.24. The predicted octanol–water partition coefficient (Wildman–Crippen LogP) is 1.51. The lowest BCUT2D eigenvalue weighted by Crippen LogP contribution is -2.32. The Hall–Kier alpha value is -4.07. The number of esters is 1. The summed E-state index contributed by atoms with van der Waals surface area (Å²) in [4.78, 5) is 47.5. The van der Waals surface area contributed by atoms with Gasteiger partial charge in [0.25, 0.3) is 0 Å². The molecule has 0 aromatic carbocycles. The van der Waals surface area contributed by atoms with E-state index in [1.807, 2.05) is 6.92 Å². The Morgan fingerprint density at radius 2 is 0.919 bits per heavy atom. The molecular weight excluding hydrogens is 496 g/mol. The molecule has 0 unspecified atom stereocenters. The fourth-order valence-electron chi connectivity index (χ4n) is 0.660. The van der Waals surface area contributed by atoms with E-state index in [1.54, 1.807) is 6.92 Å². The Balaban J connectivity index is -0.0000000792. The van der Waals surface area contributed by atoms with Gasteiger partial charge in [-0.15, -0.1) is 0 Å². The smallest absolute Gasteiger partial charge is 0.332 e. The molecule has 0 saturated carbocycles. The minimum absolute atomic E-state index is 0.156. The molecule has 0 radical (unpaired) electrons. The van der Waals surface area contributed by atoms with E-state index >= 15 is 0 Å². The second-order valence-corrected chi connectivity index (χ2v) is 6.31. The number of aliphatic carboxylic acids is 4. The number of methoxy groups -OCH3 is 1. The van der Waals surface area contributed by atoms with Crippen molar-refractivity contribution in [3.05, 3.63) is 62.3 Å². The highest BCUT2D eigenvalue weighted by Crippen LogP contribution is 2.18. The highest BCUT2D eigenvalue weighted by atomic mass is 16.5. The highest BCUT2D eigenvalue weighted by molar-refractivity contribution is 5.86. The molecule has 0 aliphatic heterocycles. The van der Waals surface area contributed by atoms with Crippen LogP contribution in [0.5, 0.6) is 0 Å². The second kappa shape index (κ2) is 31.9. The number of hydrogen-bond acceptors (Lipinski definition) is 9. The summed E-state index contributed by atoms with van der Waals surface area (Å²) in [6.45, 7) is 19.8. The van der Waals surface area contributed by atoms with Crippen molar-refractivity contribution in [3.63, 3.8) is 0 Å². The number of aliphatic hydroxyl groups excluding tert-OH is 3. The molecule has 0 aliphatic carbocycles. The number of ether oxygens (including phenoxy) is 1. The summed E-state index contributed by atoms with van der Waals surface area (Å²) in [5, 5.41) is 56.7. The third-order valence-electron chi connectivity index (χ3n) is 3.18. The number of carbonyl (C=O) groups excluding carboxylic acids is 1. The summed E-state index contributed by atoms with van der Waals surface area (Å²) in [6, 6.07) is 0. The molecule has 37 heavy (non-hydrogen) atoms. The minimum atomic E-state index is -0.981. The molecule has 0 spiro atoms. The molecular formula is C24H40O13. The fourth-order valence-corrected chi connectivity index (χ4v) is 0.660. The van der Waals surface area contributed by atoms with Gasteiger partial charge in [-0.05, 0) is 20.3 Å². The molecule has 0 fully saturated rings. The van der Waals surface area contributed by atoms with Gasteiger partial charge in [-0.3, -0.25) is 0 Å². The number of rotatable bonds is 9. The Morgan fingerprint density at radius 3 is 0.919 bits per heavy atom. The SMILES string of the molecule is C=C(C)C(=O)O.C=C(C)C(=O)OC.C=CC(=O)O.C=CC(=O)O.C=CC(=O)O.CCC(CO)(CO)CO. The summed E-state index contributed by atoms with van der Waals surface area (Å²) in [6.07, 6.45) is 3.09. The number of carboxylic acids is 4. The van der Waals surface area contributed by atoms with Crippen LogP contribution < -0.4 is 0 Å². The van der Waals surface area contributed by atoms with E-state index in [1.165, 1.54) is 14.0 Å². The fraction of sp³-hybridized carbons (Fsp3) is 0.375. The summed E-state index contributed by atoms with van der Waals surface area (Å²) >= 11 is 0. The van der Waals surface area contributed by atoms with E-state index in [0.29, 0.717) is 12.0 Å². The van der Waals surface area contributed by atoms with Crippen LogP contribution in [0.3, 0.4) is 0 Å². The van der Waals surface area contributed by atoms with Crippen LogP contribution in [0.25, 0.3) is 0 Å². The van der Waals surface area contributed by atoms with Gasteiger partial charge in [0.1, 0.15) is 0 Å². The van der Waals surface area contributed by atoms with Crippen LogP contribution in [0.15, 0.2) is 62.3 Å². The van der Waals surface area contributed by atoms with Gasteiger partial charge in [-0.2, -0.15) is 0 Å². The van der Waals surface area contributed by atoms with Crippen LogP contribution in [0.2, 0.25) is 0 Å². The molecule has 0 aromatic heterocycles. The lowest BCUT2D eigenvalue weighted by atomic mass is 9.88. The zero-order valence-corrected chi connectivity index (χ0v) is 21.7. The van der Waals surface area contributed by atoms with Gasteiger partial charge in [0, 0.05) is 34.8 Å². The first-order valence-corrected chi connectivity index (χ1v) is 9.90. The normalized spacial score (nSPS) is 8.19. The van der Waals surface area contributed by atoms with Crippen LogP contribution >= 0.6 is 0 Å². The van der Waals surface area contributed by atoms with Crippen molar-refractivity contribution < 1.29 is 64.5 Å². The summed E-state index contributed by atoms with van der Waals surface area (Å²) in [5.41, 5.74) is -0.0579. The Kier molecular flexibility index (Phi) is 39.9. The number of hydrogen-bond donors (Lipinski definition) is 7. The first-order chi connectivity index (χ1) is 16.9. The molecule has 13 heteroatoms. The maximum Gasteiger partial charge on any atom is 0.332 e. The van der Waals surface area contributed by atoms with Gasteiger partial charge in [0.15, 0.2) is 0 Å². The molecule has 0 bridgehead atoms. The van der Waals surface area contributed by atoms with Crippen LogP contribution in [0.1, 0.15) is 27.2 Å². The highest BCUT2D eigenvalue weighted by Gasteiger charge is 2.24. The van der Waals surface area contributed by atoms with Gasteiger partial charge in [-0.1, -0.05) is 39.8 Å². The molecule has 7 N–H and O–H groups in total. The van der Waals surface area contributed by atoms with E-state index in [-0.39, 0.29) is 31.4 Å². The largest absolute Gasteiger partial charge is 0.478 e. The van der Waals surface area contributed by atoms with Crippen LogP contribution in [0.4, 0.5) is 0 Å². The Morgan fingerprint density at radius 1 is 0.703 bits per heavy atom. The zero-order valence-electron chi connectivity index (χ0n) is 21.7. The number of carbonyl (C=O) groups is 5. The first-order valence-electron chi connectivity index (χ1n) is 9.90. The third-order valence-corrected chi connectivity index (χ3v) is 3.18. The van der Waals surface area contributed by atoms with Gasteiger partial charge >= 0.3 is 29.8 Å². The molecule has 13 nitrogen and oxygen atoms in total. The number of aliphatic hydroxyl groups is 3. The average molecular weight is 537 g/mol. The molecule has 0 heterocycles. The third kappa shape index (κ3) is 49.9. The van der Waals surface area contributed by atoms with Gasteiger partial charge in [-0.25, -0.2) is 24.0 Å².